The number of benzene rings is 1. The van der Waals surface area contributed by atoms with E-state index in [1.807, 2.05) is 25.3 Å². The Morgan fingerprint density at radius 2 is 2.04 bits per heavy atom. The van der Waals surface area contributed by atoms with Gasteiger partial charge in [0.2, 0.25) is 10.0 Å². The maximum atomic E-state index is 13.1. The van der Waals surface area contributed by atoms with Gasteiger partial charge in [-0.15, -0.1) is 10.2 Å². The SMILES string of the molecule is COc1cc(C)ccc1S(=O)(=O)NC(c1nnc2n1CCNCC2)C(C)C. The molecule has 1 aliphatic heterocycles. The van der Waals surface area contributed by atoms with E-state index in [1.165, 1.54) is 7.11 Å². The molecule has 1 aromatic carbocycles. The standard InChI is InChI=1S/C18H27N5O3S/c1-12(2)17(18-21-20-16-7-8-19-9-10-23(16)18)22-27(24,25)15-6-5-13(3)11-14(15)26-4/h5-6,11-12,17,19,22H,7-10H2,1-4H3. The summed E-state index contributed by atoms with van der Waals surface area (Å²) in [5.74, 6) is 1.86. The van der Waals surface area contributed by atoms with Crippen molar-refractivity contribution < 1.29 is 13.2 Å². The summed E-state index contributed by atoms with van der Waals surface area (Å²) in [5, 5.41) is 11.9. The second kappa shape index (κ2) is 7.95. The molecule has 2 heterocycles. The van der Waals surface area contributed by atoms with E-state index in [1.54, 1.807) is 18.2 Å². The number of methoxy groups -OCH3 is 1. The third kappa shape index (κ3) is 4.15. The number of rotatable bonds is 6. The molecule has 0 aliphatic carbocycles. The predicted octanol–water partition coefficient (Wildman–Crippen LogP) is 1.42. The van der Waals surface area contributed by atoms with Crippen LogP contribution in [0.3, 0.4) is 0 Å². The highest BCUT2D eigenvalue weighted by Gasteiger charge is 2.31. The zero-order valence-corrected chi connectivity index (χ0v) is 17.0. The van der Waals surface area contributed by atoms with Crippen LogP contribution in [0, 0.1) is 12.8 Å². The molecular weight excluding hydrogens is 366 g/mol. The van der Waals surface area contributed by atoms with E-state index in [-0.39, 0.29) is 10.8 Å². The highest BCUT2D eigenvalue weighted by Crippen LogP contribution is 2.29. The molecule has 0 amide bonds. The van der Waals surface area contributed by atoms with Gasteiger partial charge in [-0.2, -0.15) is 0 Å². The van der Waals surface area contributed by atoms with Crippen molar-refractivity contribution in [2.45, 2.75) is 44.7 Å². The maximum Gasteiger partial charge on any atom is 0.244 e. The minimum Gasteiger partial charge on any atom is -0.495 e. The molecule has 3 rings (SSSR count). The molecule has 1 aliphatic rings. The Morgan fingerprint density at radius 1 is 1.26 bits per heavy atom. The molecule has 0 saturated heterocycles. The van der Waals surface area contributed by atoms with E-state index in [0.717, 1.165) is 37.4 Å². The van der Waals surface area contributed by atoms with E-state index in [4.69, 9.17) is 4.74 Å². The van der Waals surface area contributed by atoms with Gasteiger partial charge in [0.05, 0.1) is 13.2 Å². The van der Waals surface area contributed by atoms with Crippen molar-refractivity contribution in [3.63, 3.8) is 0 Å². The molecular formula is C18H27N5O3S. The molecule has 0 spiro atoms. The summed E-state index contributed by atoms with van der Waals surface area (Å²) in [5.41, 5.74) is 0.932. The summed E-state index contributed by atoms with van der Waals surface area (Å²) < 4.78 is 36.4. The molecule has 0 fully saturated rings. The number of sulfonamides is 1. The molecule has 0 bridgehead atoms. The van der Waals surface area contributed by atoms with Gasteiger partial charge < -0.3 is 14.6 Å². The van der Waals surface area contributed by atoms with Crippen LogP contribution in [0.5, 0.6) is 5.75 Å². The lowest BCUT2D eigenvalue weighted by atomic mass is 10.1. The lowest BCUT2D eigenvalue weighted by Gasteiger charge is -2.23. The van der Waals surface area contributed by atoms with Crippen molar-refractivity contribution in [2.75, 3.05) is 20.2 Å². The van der Waals surface area contributed by atoms with Gasteiger partial charge in [-0.05, 0) is 30.5 Å². The average molecular weight is 394 g/mol. The van der Waals surface area contributed by atoms with Crippen molar-refractivity contribution in [1.29, 1.82) is 0 Å². The second-order valence-electron chi connectivity index (χ2n) is 7.12. The van der Waals surface area contributed by atoms with Crippen LogP contribution in [-0.2, 0) is 23.0 Å². The highest BCUT2D eigenvalue weighted by atomic mass is 32.2. The molecule has 1 atom stereocenters. The summed E-state index contributed by atoms with van der Waals surface area (Å²) >= 11 is 0. The Balaban J connectivity index is 1.97. The number of aromatic nitrogens is 3. The summed E-state index contributed by atoms with van der Waals surface area (Å²) in [6, 6.07) is 4.56. The monoisotopic (exact) mass is 393 g/mol. The van der Waals surface area contributed by atoms with Crippen molar-refractivity contribution in [3.8, 4) is 5.75 Å². The number of fused-ring (bicyclic) bond motifs is 1. The number of nitrogens with zero attached hydrogens (tertiary/aromatic N) is 3. The van der Waals surface area contributed by atoms with E-state index >= 15 is 0 Å². The molecule has 0 radical (unpaired) electrons. The second-order valence-corrected chi connectivity index (χ2v) is 8.81. The van der Waals surface area contributed by atoms with Crippen LogP contribution < -0.4 is 14.8 Å². The van der Waals surface area contributed by atoms with Crippen LogP contribution in [0.2, 0.25) is 0 Å². The Kier molecular flexibility index (Phi) is 5.83. The molecule has 2 N–H and O–H groups in total. The van der Waals surface area contributed by atoms with Gasteiger partial charge in [-0.1, -0.05) is 19.9 Å². The van der Waals surface area contributed by atoms with Gasteiger partial charge in [0.25, 0.3) is 0 Å². The molecule has 27 heavy (non-hydrogen) atoms. The van der Waals surface area contributed by atoms with Crippen LogP contribution in [0.1, 0.15) is 37.1 Å². The smallest absolute Gasteiger partial charge is 0.244 e. The molecule has 9 heteroatoms. The fraction of sp³-hybridized carbons (Fsp3) is 0.556. The minimum absolute atomic E-state index is 0.000676. The lowest BCUT2D eigenvalue weighted by Crippen LogP contribution is -2.34. The Morgan fingerprint density at radius 3 is 2.74 bits per heavy atom. The summed E-state index contributed by atoms with van der Waals surface area (Å²) in [7, 11) is -2.33. The van der Waals surface area contributed by atoms with Crippen molar-refractivity contribution >= 4 is 10.0 Å². The van der Waals surface area contributed by atoms with Crippen molar-refractivity contribution in [1.82, 2.24) is 24.8 Å². The van der Waals surface area contributed by atoms with Crippen LogP contribution in [0.4, 0.5) is 0 Å². The first-order chi connectivity index (χ1) is 12.8. The summed E-state index contributed by atoms with van der Waals surface area (Å²) in [4.78, 5) is 0.124. The average Bonchev–Trinajstić information content (AvgIpc) is 2.86. The zero-order chi connectivity index (χ0) is 19.6. The number of ether oxygens (including phenoxy) is 1. The third-order valence-electron chi connectivity index (χ3n) is 4.73. The molecule has 148 valence electrons. The quantitative estimate of drug-likeness (QED) is 0.770. The van der Waals surface area contributed by atoms with Crippen molar-refractivity contribution in [3.05, 3.63) is 35.4 Å². The number of hydrogen-bond donors (Lipinski definition) is 2. The highest BCUT2D eigenvalue weighted by molar-refractivity contribution is 7.89. The molecule has 1 unspecified atom stereocenters. The van der Waals surface area contributed by atoms with Gasteiger partial charge in [0.15, 0.2) is 5.82 Å². The first kappa shape index (κ1) is 19.8. The zero-order valence-electron chi connectivity index (χ0n) is 16.2. The van der Waals surface area contributed by atoms with Gasteiger partial charge >= 0.3 is 0 Å². The molecule has 0 saturated carbocycles. The summed E-state index contributed by atoms with van der Waals surface area (Å²) in [6.45, 7) is 8.20. The largest absolute Gasteiger partial charge is 0.495 e. The topological polar surface area (TPSA) is 98.1 Å². The van der Waals surface area contributed by atoms with Crippen LogP contribution in [0.15, 0.2) is 23.1 Å². The number of nitrogens with one attached hydrogen (secondary N) is 2. The fourth-order valence-electron chi connectivity index (χ4n) is 3.24. The maximum absolute atomic E-state index is 13.1. The van der Waals surface area contributed by atoms with Crippen LogP contribution in [0.25, 0.3) is 0 Å². The van der Waals surface area contributed by atoms with Crippen LogP contribution >= 0.6 is 0 Å². The Labute approximate surface area is 160 Å². The summed E-state index contributed by atoms with van der Waals surface area (Å²) in [6.07, 6.45) is 0.774. The van der Waals surface area contributed by atoms with E-state index in [2.05, 4.69) is 20.2 Å². The number of hydrogen-bond acceptors (Lipinski definition) is 6. The first-order valence-corrected chi connectivity index (χ1v) is 10.6. The molecule has 1 aromatic heterocycles. The van der Waals surface area contributed by atoms with Crippen molar-refractivity contribution in [2.24, 2.45) is 5.92 Å². The van der Waals surface area contributed by atoms with Gasteiger partial charge in [0.1, 0.15) is 16.5 Å². The molecule has 8 nitrogen and oxygen atoms in total. The normalized spacial score (nSPS) is 16.0. The third-order valence-corrected chi connectivity index (χ3v) is 6.21. The lowest BCUT2D eigenvalue weighted by molar-refractivity contribution is 0.398. The van der Waals surface area contributed by atoms with E-state index in [9.17, 15) is 8.42 Å². The Hall–Kier alpha value is -1.97. The van der Waals surface area contributed by atoms with Gasteiger partial charge in [-0.3, -0.25) is 0 Å². The van der Waals surface area contributed by atoms with Gasteiger partial charge in [-0.25, -0.2) is 13.1 Å². The van der Waals surface area contributed by atoms with Crippen LogP contribution in [-0.4, -0.2) is 43.4 Å². The van der Waals surface area contributed by atoms with E-state index in [0.29, 0.717) is 11.6 Å². The minimum atomic E-state index is -3.80. The number of aryl methyl sites for hydroxylation is 1. The first-order valence-electron chi connectivity index (χ1n) is 9.13. The molecule has 2 aromatic rings. The van der Waals surface area contributed by atoms with Gasteiger partial charge in [0, 0.05) is 26.1 Å². The van der Waals surface area contributed by atoms with E-state index < -0.39 is 16.1 Å². The Bertz CT molecular complexity index is 908. The fourth-order valence-corrected chi connectivity index (χ4v) is 4.73. The predicted molar refractivity (Wildman–Crippen MR) is 102 cm³/mol.